The molecule has 1 aromatic rings. The molecule has 2 N–H and O–H groups in total. The lowest BCUT2D eigenvalue weighted by atomic mass is 10.2. The molecule has 0 aliphatic carbocycles. The predicted octanol–water partition coefficient (Wildman–Crippen LogP) is 1.96. The number of thiophene rings is 1. The second-order valence-corrected chi connectivity index (χ2v) is 5.62. The van der Waals surface area contributed by atoms with Crippen LogP contribution in [0.1, 0.15) is 12.0 Å². The first-order chi connectivity index (χ1) is 6.34. The van der Waals surface area contributed by atoms with E-state index >= 15 is 0 Å². The summed E-state index contributed by atoms with van der Waals surface area (Å²) in [4.78, 5) is 0. The molecule has 1 unspecified atom stereocenters. The Hall–Kier alpha value is 0.1000. The van der Waals surface area contributed by atoms with Gasteiger partial charge in [0.05, 0.1) is 3.79 Å². The molecule has 13 heavy (non-hydrogen) atoms. The first-order valence-corrected chi connectivity index (χ1v) is 6.19. The third-order valence-corrected chi connectivity index (χ3v) is 3.83. The van der Waals surface area contributed by atoms with Gasteiger partial charge in [0.2, 0.25) is 0 Å². The van der Waals surface area contributed by atoms with Crippen molar-refractivity contribution in [1.29, 1.82) is 0 Å². The Balaban J connectivity index is 1.78. The van der Waals surface area contributed by atoms with Crippen LogP contribution in [0.5, 0.6) is 0 Å². The number of hydrogen-bond donors (Lipinski definition) is 2. The summed E-state index contributed by atoms with van der Waals surface area (Å²) in [5.41, 5.74) is 1.38. The molecule has 0 amide bonds. The van der Waals surface area contributed by atoms with Crippen molar-refractivity contribution in [2.24, 2.45) is 0 Å². The third kappa shape index (κ3) is 2.77. The highest BCUT2D eigenvalue weighted by Gasteiger charge is 2.13. The van der Waals surface area contributed by atoms with Crippen molar-refractivity contribution in [2.75, 3.05) is 13.1 Å². The molecule has 1 atom stereocenters. The molecule has 1 aliphatic heterocycles. The summed E-state index contributed by atoms with van der Waals surface area (Å²) in [6, 6.07) is 2.85. The van der Waals surface area contributed by atoms with E-state index in [1.807, 2.05) is 0 Å². The van der Waals surface area contributed by atoms with Crippen LogP contribution in [0, 0.1) is 0 Å². The van der Waals surface area contributed by atoms with Gasteiger partial charge in [-0.1, -0.05) is 0 Å². The molecule has 1 fully saturated rings. The van der Waals surface area contributed by atoms with Gasteiger partial charge < -0.3 is 10.6 Å². The third-order valence-electron chi connectivity index (χ3n) is 2.28. The Morgan fingerprint density at radius 2 is 2.62 bits per heavy atom. The van der Waals surface area contributed by atoms with E-state index in [1.54, 1.807) is 11.3 Å². The molecule has 1 saturated heterocycles. The molecule has 2 nitrogen and oxygen atoms in total. The summed E-state index contributed by atoms with van der Waals surface area (Å²) in [5, 5.41) is 9.07. The van der Waals surface area contributed by atoms with Crippen LogP contribution in [0.25, 0.3) is 0 Å². The van der Waals surface area contributed by atoms with Gasteiger partial charge in [0.25, 0.3) is 0 Å². The normalized spacial score (nSPS) is 22.4. The largest absolute Gasteiger partial charge is 0.315 e. The fraction of sp³-hybridized carbons (Fsp3) is 0.556. The lowest BCUT2D eigenvalue weighted by Gasteiger charge is -2.09. The summed E-state index contributed by atoms with van der Waals surface area (Å²) >= 11 is 5.21. The molecule has 0 aromatic carbocycles. The smallest absolute Gasteiger partial charge is 0.0701 e. The van der Waals surface area contributed by atoms with E-state index < -0.39 is 0 Å². The van der Waals surface area contributed by atoms with Crippen molar-refractivity contribution < 1.29 is 0 Å². The molecule has 0 spiro atoms. The maximum Gasteiger partial charge on any atom is 0.0701 e. The predicted molar refractivity (Wildman–Crippen MR) is 60.1 cm³/mol. The SMILES string of the molecule is Brc1cc(CNC2CCNC2)cs1. The molecular formula is C9H13BrN2S. The van der Waals surface area contributed by atoms with Gasteiger partial charge in [-0.3, -0.25) is 0 Å². The average molecular weight is 261 g/mol. The molecular weight excluding hydrogens is 248 g/mol. The Morgan fingerprint density at radius 1 is 1.69 bits per heavy atom. The molecule has 72 valence electrons. The van der Waals surface area contributed by atoms with E-state index in [0.717, 1.165) is 19.6 Å². The lowest BCUT2D eigenvalue weighted by molar-refractivity contribution is 0.548. The van der Waals surface area contributed by atoms with Gasteiger partial charge in [-0.05, 0) is 45.9 Å². The quantitative estimate of drug-likeness (QED) is 0.869. The second-order valence-electron chi connectivity index (χ2n) is 3.33. The van der Waals surface area contributed by atoms with Crippen molar-refractivity contribution in [3.63, 3.8) is 0 Å². The maximum absolute atomic E-state index is 3.53. The van der Waals surface area contributed by atoms with Crippen LogP contribution in [0.15, 0.2) is 15.2 Å². The minimum atomic E-state index is 0.665. The Morgan fingerprint density at radius 3 is 3.23 bits per heavy atom. The van der Waals surface area contributed by atoms with Crippen molar-refractivity contribution in [3.05, 3.63) is 20.8 Å². The molecule has 1 aromatic heterocycles. The second kappa shape index (κ2) is 4.55. The van der Waals surface area contributed by atoms with Crippen molar-refractivity contribution in [2.45, 2.75) is 19.0 Å². The Bertz CT molecular complexity index is 268. The van der Waals surface area contributed by atoms with Crippen molar-refractivity contribution >= 4 is 27.3 Å². The first-order valence-electron chi connectivity index (χ1n) is 4.51. The summed E-state index contributed by atoms with van der Waals surface area (Å²) < 4.78 is 1.22. The summed E-state index contributed by atoms with van der Waals surface area (Å²) in [7, 11) is 0. The van der Waals surface area contributed by atoms with Crippen LogP contribution >= 0.6 is 27.3 Å². The van der Waals surface area contributed by atoms with Crippen LogP contribution in [-0.2, 0) is 6.54 Å². The molecule has 0 radical (unpaired) electrons. The first kappa shape index (κ1) is 9.65. The van der Waals surface area contributed by atoms with Gasteiger partial charge in [0, 0.05) is 19.1 Å². The molecule has 2 heterocycles. The Kier molecular flexibility index (Phi) is 3.38. The highest BCUT2D eigenvalue weighted by molar-refractivity contribution is 9.11. The van der Waals surface area contributed by atoms with Crippen molar-refractivity contribution in [3.8, 4) is 0 Å². The highest BCUT2D eigenvalue weighted by atomic mass is 79.9. The zero-order valence-corrected chi connectivity index (χ0v) is 9.75. The number of rotatable bonds is 3. The van der Waals surface area contributed by atoms with Gasteiger partial charge in [0.15, 0.2) is 0 Å². The number of nitrogens with one attached hydrogen (secondary N) is 2. The van der Waals surface area contributed by atoms with E-state index in [2.05, 4.69) is 38.0 Å². The maximum atomic E-state index is 3.53. The highest BCUT2D eigenvalue weighted by Crippen LogP contribution is 2.20. The van der Waals surface area contributed by atoms with Gasteiger partial charge in [-0.25, -0.2) is 0 Å². The molecule has 0 bridgehead atoms. The van der Waals surface area contributed by atoms with Gasteiger partial charge in [0.1, 0.15) is 0 Å². The summed E-state index contributed by atoms with van der Waals surface area (Å²) in [5.74, 6) is 0. The topological polar surface area (TPSA) is 24.1 Å². The molecule has 1 aliphatic rings. The van der Waals surface area contributed by atoms with Gasteiger partial charge in [-0.15, -0.1) is 11.3 Å². The van der Waals surface area contributed by atoms with Crippen LogP contribution < -0.4 is 10.6 Å². The summed E-state index contributed by atoms with van der Waals surface area (Å²) in [6.45, 7) is 3.27. The van der Waals surface area contributed by atoms with E-state index in [9.17, 15) is 0 Å². The minimum absolute atomic E-state index is 0.665. The number of halogens is 1. The van der Waals surface area contributed by atoms with Gasteiger partial charge >= 0.3 is 0 Å². The minimum Gasteiger partial charge on any atom is -0.315 e. The fourth-order valence-electron chi connectivity index (χ4n) is 1.53. The van der Waals surface area contributed by atoms with Crippen LogP contribution in [0.3, 0.4) is 0 Å². The van der Waals surface area contributed by atoms with Crippen LogP contribution in [0.4, 0.5) is 0 Å². The fourth-order valence-corrected chi connectivity index (χ4v) is 2.74. The average Bonchev–Trinajstić information content (AvgIpc) is 2.71. The monoisotopic (exact) mass is 260 g/mol. The van der Waals surface area contributed by atoms with E-state index in [1.165, 1.54) is 15.8 Å². The summed E-state index contributed by atoms with van der Waals surface area (Å²) in [6.07, 6.45) is 1.26. The zero-order valence-electron chi connectivity index (χ0n) is 7.35. The lowest BCUT2D eigenvalue weighted by Crippen LogP contribution is -2.30. The van der Waals surface area contributed by atoms with Crippen LogP contribution in [-0.4, -0.2) is 19.1 Å². The van der Waals surface area contributed by atoms with Gasteiger partial charge in [-0.2, -0.15) is 0 Å². The molecule has 2 rings (SSSR count). The molecule has 4 heteroatoms. The van der Waals surface area contributed by atoms with E-state index in [0.29, 0.717) is 6.04 Å². The molecule has 0 saturated carbocycles. The van der Waals surface area contributed by atoms with Crippen LogP contribution in [0.2, 0.25) is 0 Å². The van der Waals surface area contributed by atoms with Crippen molar-refractivity contribution in [1.82, 2.24) is 10.6 Å². The van der Waals surface area contributed by atoms with E-state index in [4.69, 9.17) is 0 Å². The number of hydrogen-bond acceptors (Lipinski definition) is 3. The van der Waals surface area contributed by atoms with E-state index in [-0.39, 0.29) is 0 Å². The standard InChI is InChI=1S/C9H13BrN2S/c10-9-3-7(6-13-9)4-12-8-1-2-11-5-8/h3,6,8,11-12H,1-2,4-5H2. The zero-order chi connectivity index (χ0) is 9.10. The Labute approximate surface area is 90.9 Å².